The largest absolute Gasteiger partial charge is 0.390 e. The third-order valence-corrected chi connectivity index (χ3v) is 4.26. The zero-order valence-electron chi connectivity index (χ0n) is 15.3. The van der Waals surface area contributed by atoms with Crippen LogP contribution in [-0.2, 0) is 11.4 Å². The Labute approximate surface area is 157 Å². The summed E-state index contributed by atoms with van der Waals surface area (Å²) in [4.78, 5) is 27.0. The summed E-state index contributed by atoms with van der Waals surface area (Å²) in [6.07, 6.45) is 3.31. The summed E-state index contributed by atoms with van der Waals surface area (Å²) in [7, 11) is 1.73. The van der Waals surface area contributed by atoms with Crippen molar-refractivity contribution < 1.29 is 9.90 Å². The number of carbonyl (C=O) groups is 1. The number of carbonyl (C=O) groups excluding carboxylic acids is 1. The highest BCUT2D eigenvalue weighted by Gasteiger charge is 2.15. The van der Waals surface area contributed by atoms with E-state index < -0.39 is 0 Å². The van der Waals surface area contributed by atoms with Crippen LogP contribution in [0.4, 0.5) is 11.5 Å². The molecule has 0 aliphatic carbocycles. The molecule has 1 aromatic carbocycles. The zero-order chi connectivity index (χ0) is 19.2. The number of aliphatic hydroxyl groups excluding tert-OH is 1. The molecule has 27 heavy (non-hydrogen) atoms. The molecular formula is C20H21N5O2. The van der Waals surface area contributed by atoms with Gasteiger partial charge in [-0.15, -0.1) is 0 Å². The van der Waals surface area contributed by atoms with Crippen molar-refractivity contribution in [2.75, 3.05) is 23.8 Å². The van der Waals surface area contributed by atoms with Crippen LogP contribution in [-0.4, -0.2) is 39.6 Å². The van der Waals surface area contributed by atoms with Crippen molar-refractivity contribution in [3.63, 3.8) is 0 Å². The number of aliphatic hydroxyl groups is 1. The van der Waals surface area contributed by atoms with Crippen LogP contribution in [0.3, 0.4) is 0 Å². The van der Waals surface area contributed by atoms with Gasteiger partial charge >= 0.3 is 0 Å². The average molecular weight is 363 g/mol. The number of amides is 1. The summed E-state index contributed by atoms with van der Waals surface area (Å²) in [6.45, 7) is 1.68. The first-order valence-corrected chi connectivity index (χ1v) is 8.54. The Hall–Kier alpha value is -3.32. The highest BCUT2D eigenvalue weighted by atomic mass is 16.3. The fourth-order valence-corrected chi connectivity index (χ4v) is 2.59. The van der Waals surface area contributed by atoms with Gasteiger partial charge in [-0.2, -0.15) is 0 Å². The first-order chi connectivity index (χ1) is 13.1. The Balaban J connectivity index is 1.81. The molecule has 0 radical (unpaired) electrons. The summed E-state index contributed by atoms with van der Waals surface area (Å²) in [6, 6.07) is 13.0. The number of anilines is 2. The molecule has 2 aromatic heterocycles. The van der Waals surface area contributed by atoms with E-state index in [-0.39, 0.29) is 19.1 Å². The quantitative estimate of drug-likeness (QED) is 0.699. The van der Waals surface area contributed by atoms with Crippen molar-refractivity contribution in [1.29, 1.82) is 0 Å². The number of aromatic nitrogens is 3. The summed E-state index contributed by atoms with van der Waals surface area (Å²) in [5, 5.41) is 12.7. The van der Waals surface area contributed by atoms with Gasteiger partial charge in [-0.05, 0) is 31.2 Å². The van der Waals surface area contributed by atoms with E-state index in [1.807, 2.05) is 37.3 Å². The maximum atomic E-state index is 12.5. The Morgan fingerprint density at radius 3 is 2.48 bits per heavy atom. The number of hydrogen-bond acceptors (Lipinski definition) is 6. The first-order valence-electron chi connectivity index (χ1n) is 8.54. The van der Waals surface area contributed by atoms with Crippen LogP contribution in [0, 0.1) is 6.92 Å². The Morgan fingerprint density at radius 1 is 1.11 bits per heavy atom. The number of likely N-dealkylation sites (N-methyl/N-ethyl adjacent to an activating group) is 1. The van der Waals surface area contributed by atoms with Crippen LogP contribution in [0.15, 0.2) is 54.9 Å². The second kappa shape index (κ2) is 8.37. The predicted octanol–water partition coefficient (Wildman–Crippen LogP) is 2.41. The lowest BCUT2D eigenvalue weighted by Gasteiger charge is -2.19. The van der Waals surface area contributed by atoms with E-state index in [9.17, 15) is 9.90 Å². The Kier molecular flexibility index (Phi) is 5.73. The van der Waals surface area contributed by atoms with Crippen LogP contribution >= 0.6 is 0 Å². The second-order valence-electron chi connectivity index (χ2n) is 6.00. The van der Waals surface area contributed by atoms with Crippen LogP contribution in [0.5, 0.6) is 0 Å². The van der Waals surface area contributed by atoms with Gasteiger partial charge in [-0.3, -0.25) is 9.78 Å². The highest BCUT2D eigenvalue weighted by molar-refractivity contribution is 5.95. The zero-order valence-corrected chi connectivity index (χ0v) is 15.3. The van der Waals surface area contributed by atoms with Gasteiger partial charge in [0.1, 0.15) is 5.82 Å². The monoisotopic (exact) mass is 363 g/mol. The maximum absolute atomic E-state index is 12.5. The van der Waals surface area contributed by atoms with Crippen molar-refractivity contribution in [2.24, 2.45) is 0 Å². The van der Waals surface area contributed by atoms with E-state index in [4.69, 9.17) is 0 Å². The molecule has 3 rings (SSSR count). The van der Waals surface area contributed by atoms with E-state index in [2.05, 4.69) is 20.3 Å². The van der Waals surface area contributed by atoms with Gasteiger partial charge in [-0.25, -0.2) is 9.97 Å². The molecule has 0 saturated carbocycles. The molecule has 0 spiro atoms. The van der Waals surface area contributed by atoms with Gasteiger partial charge in [-0.1, -0.05) is 18.2 Å². The minimum atomic E-state index is -0.209. The summed E-state index contributed by atoms with van der Waals surface area (Å²) >= 11 is 0. The van der Waals surface area contributed by atoms with Crippen LogP contribution in [0.1, 0.15) is 11.3 Å². The molecule has 0 aliphatic rings. The van der Waals surface area contributed by atoms with Gasteiger partial charge < -0.3 is 15.3 Å². The molecule has 0 fully saturated rings. The number of para-hydroxylation sites is 1. The fraction of sp³-hybridized carbons (Fsp3) is 0.200. The van der Waals surface area contributed by atoms with Crippen molar-refractivity contribution >= 4 is 17.4 Å². The average Bonchev–Trinajstić information content (AvgIpc) is 2.73. The van der Waals surface area contributed by atoms with Gasteiger partial charge in [0.2, 0.25) is 5.91 Å². The summed E-state index contributed by atoms with van der Waals surface area (Å²) < 4.78 is 0. The molecule has 138 valence electrons. The number of pyridine rings is 1. The molecule has 2 N–H and O–H groups in total. The van der Waals surface area contributed by atoms with Crippen LogP contribution in [0.25, 0.3) is 11.4 Å². The van der Waals surface area contributed by atoms with Crippen LogP contribution < -0.4 is 10.2 Å². The second-order valence-corrected chi connectivity index (χ2v) is 6.00. The predicted molar refractivity (Wildman–Crippen MR) is 104 cm³/mol. The van der Waals surface area contributed by atoms with Gasteiger partial charge in [0.25, 0.3) is 0 Å². The normalized spacial score (nSPS) is 10.5. The standard InChI is InChI=1S/C20H21N5O2/c1-14-17(13-26)23-20(15-8-10-21-11-9-15)24-19(14)22-12-18(27)25(2)16-6-4-3-5-7-16/h3-11,26H,12-13H2,1-2H3,(H,22,23,24). The van der Waals surface area contributed by atoms with Crippen molar-refractivity contribution in [3.05, 3.63) is 66.1 Å². The molecule has 0 atom stereocenters. The molecule has 0 aliphatic heterocycles. The Morgan fingerprint density at radius 2 is 1.81 bits per heavy atom. The molecule has 0 bridgehead atoms. The third kappa shape index (κ3) is 4.27. The third-order valence-electron chi connectivity index (χ3n) is 4.26. The number of nitrogens with one attached hydrogen (secondary N) is 1. The fourth-order valence-electron chi connectivity index (χ4n) is 2.59. The minimum absolute atomic E-state index is 0.0733. The molecule has 1 amide bonds. The maximum Gasteiger partial charge on any atom is 0.246 e. The van der Waals surface area contributed by atoms with Gasteiger partial charge in [0, 0.05) is 36.3 Å². The van der Waals surface area contributed by atoms with E-state index >= 15 is 0 Å². The summed E-state index contributed by atoms with van der Waals surface area (Å²) in [5.74, 6) is 0.893. The molecule has 7 heteroatoms. The van der Waals surface area contributed by atoms with Gasteiger partial charge in [0.15, 0.2) is 5.82 Å². The summed E-state index contributed by atoms with van der Waals surface area (Å²) in [5.41, 5.74) is 2.83. The number of benzene rings is 1. The Bertz CT molecular complexity index is 916. The van der Waals surface area contributed by atoms with Gasteiger partial charge in [0.05, 0.1) is 18.8 Å². The molecule has 0 unspecified atom stereocenters. The number of nitrogens with zero attached hydrogens (tertiary/aromatic N) is 4. The highest BCUT2D eigenvalue weighted by Crippen LogP contribution is 2.22. The van der Waals surface area contributed by atoms with Crippen molar-refractivity contribution in [3.8, 4) is 11.4 Å². The first kappa shape index (κ1) is 18.5. The number of rotatable bonds is 6. The van der Waals surface area contributed by atoms with E-state index in [1.54, 1.807) is 36.5 Å². The minimum Gasteiger partial charge on any atom is -0.390 e. The van der Waals surface area contributed by atoms with Crippen LogP contribution in [0.2, 0.25) is 0 Å². The lowest BCUT2D eigenvalue weighted by Crippen LogP contribution is -2.32. The molecule has 7 nitrogen and oxygen atoms in total. The lowest BCUT2D eigenvalue weighted by molar-refractivity contribution is -0.116. The van der Waals surface area contributed by atoms with E-state index in [1.165, 1.54) is 0 Å². The lowest BCUT2D eigenvalue weighted by atomic mass is 10.2. The SMILES string of the molecule is Cc1c(CO)nc(-c2ccncc2)nc1NCC(=O)N(C)c1ccccc1. The molecule has 3 aromatic rings. The topological polar surface area (TPSA) is 91.2 Å². The molecule has 0 saturated heterocycles. The van der Waals surface area contributed by atoms with E-state index in [0.717, 1.165) is 11.3 Å². The molecular weight excluding hydrogens is 342 g/mol. The van der Waals surface area contributed by atoms with Crippen molar-refractivity contribution in [1.82, 2.24) is 15.0 Å². The number of hydrogen-bond donors (Lipinski definition) is 2. The van der Waals surface area contributed by atoms with E-state index in [0.29, 0.717) is 22.9 Å². The molecule has 2 heterocycles. The smallest absolute Gasteiger partial charge is 0.246 e. The van der Waals surface area contributed by atoms with Crippen molar-refractivity contribution in [2.45, 2.75) is 13.5 Å².